The number of aryl methyl sites for hydroxylation is 1. The van der Waals surface area contributed by atoms with Crippen molar-refractivity contribution in [2.45, 2.75) is 6.92 Å². The van der Waals surface area contributed by atoms with E-state index in [-0.39, 0.29) is 5.96 Å². The van der Waals surface area contributed by atoms with Gasteiger partial charge in [-0.3, -0.25) is 0 Å². The molecule has 0 spiro atoms. The Kier molecular flexibility index (Phi) is 5.05. The van der Waals surface area contributed by atoms with Gasteiger partial charge in [0.25, 0.3) is 10.0 Å². The van der Waals surface area contributed by atoms with E-state index in [1.807, 2.05) is 37.3 Å². The van der Waals surface area contributed by atoms with Crippen LogP contribution in [0.3, 0.4) is 0 Å². The largest absolute Gasteiger partial charge is 0.325 e. The van der Waals surface area contributed by atoms with Crippen molar-refractivity contribution < 1.29 is 8.42 Å². The molecule has 0 aliphatic rings. The molecule has 2 aromatic carbocycles. The first kappa shape index (κ1) is 16.3. The third-order valence-electron chi connectivity index (χ3n) is 2.74. The number of sulfonamides is 1. The first-order valence-corrected chi connectivity index (χ1v) is 8.71. The van der Waals surface area contributed by atoms with Gasteiger partial charge in [-0.05, 0) is 42.8 Å². The highest BCUT2D eigenvalue weighted by molar-refractivity contribution is 7.89. The van der Waals surface area contributed by atoms with Gasteiger partial charge in [-0.25, -0.2) is 8.42 Å². The zero-order chi connectivity index (χ0) is 16.2. The normalized spacial score (nSPS) is 12.0. The maximum Gasteiger partial charge on any atom is 0.253 e. The van der Waals surface area contributed by atoms with Crippen molar-refractivity contribution >= 4 is 39.0 Å². The van der Waals surface area contributed by atoms with Gasteiger partial charge in [0.15, 0.2) is 0 Å². The number of rotatable bonds is 3. The van der Waals surface area contributed by atoms with Crippen LogP contribution in [0.15, 0.2) is 52.9 Å². The highest BCUT2D eigenvalue weighted by Gasteiger charge is 2.08. The summed E-state index contributed by atoms with van der Waals surface area (Å²) < 4.78 is 26.6. The highest BCUT2D eigenvalue weighted by atomic mass is 35.5. The molecule has 0 amide bonds. The Labute approximate surface area is 135 Å². The lowest BCUT2D eigenvalue weighted by molar-refractivity contribution is 0.604. The first-order valence-electron chi connectivity index (χ1n) is 6.49. The van der Waals surface area contributed by atoms with E-state index in [1.54, 1.807) is 18.2 Å². The van der Waals surface area contributed by atoms with E-state index in [2.05, 4.69) is 15.0 Å². The molecular weight excluding hydrogens is 322 g/mol. The van der Waals surface area contributed by atoms with E-state index < -0.39 is 10.0 Å². The average Bonchev–Trinajstić information content (AvgIpc) is 2.41. The smallest absolute Gasteiger partial charge is 0.253 e. The standard InChI is InChI=1S/C15H16ClN3O2S/c1-11-10-12(16)8-9-14(11)18-15(19-22(2,20)21)17-13-6-4-3-5-7-13/h3-10H,1-2H3,(H2,17,18,19). The molecule has 0 saturated heterocycles. The Morgan fingerprint density at radius 2 is 1.77 bits per heavy atom. The van der Waals surface area contributed by atoms with Crippen LogP contribution in [0.2, 0.25) is 5.02 Å². The Balaban J connectivity index is 2.31. The number of nitrogens with zero attached hydrogens (tertiary/aromatic N) is 1. The summed E-state index contributed by atoms with van der Waals surface area (Å²) >= 11 is 5.92. The molecule has 2 aromatic rings. The van der Waals surface area contributed by atoms with Crippen LogP contribution in [-0.2, 0) is 10.0 Å². The number of nitrogens with one attached hydrogen (secondary N) is 2. The van der Waals surface area contributed by atoms with Crippen LogP contribution in [0.1, 0.15) is 5.56 Å². The monoisotopic (exact) mass is 337 g/mol. The number of guanidine groups is 1. The summed E-state index contributed by atoms with van der Waals surface area (Å²) in [5.74, 6) is 0.124. The summed E-state index contributed by atoms with van der Waals surface area (Å²) in [6.07, 6.45) is 1.04. The topological polar surface area (TPSA) is 70.6 Å². The predicted octanol–water partition coefficient (Wildman–Crippen LogP) is 3.49. The third-order valence-corrected chi connectivity index (χ3v) is 3.48. The molecule has 0 fully saturated rings. The summed E-state index contributed by atoms with van der Waals surface area (Å²) in [4.78, 5) is 0. The maximum absolute atomic E-state index is 11.5. The fraction of sp³-hybridized carbons (Fsp3) is 0.133. The quantitative estimate of drug-likeness (QED) is 0.664. The van der Waals surface area contributed by atoms with Gasteiger partial charge < -0.3 is 10.6 Å². The van der Waals surface area contributed by atoms with E-state index in [1.165, 1.54) is 0 Å². The zero-order valence-electron chi connectivity index (χ0n) is 12.2. The molecule has 2 N–H and O–H groups in total. The van der Waals surface area contributed by atoms with E-state index in [4.69, 9.17) is 11.6 Å². The molecule has 0 bridgehead atoms. The van der Waals surface area contributed by atoms with Crippen molar-refractivity contribution in [3.63, 3.8) is 0 Å². The van der Waals surface area contributed by atoms with Crippen LogP contribution in [0, 0.1) is 6.92 Å². The molecule has 7 heteroatoms. The Hall–Kier alpha value is -2.05. The second-order valence-corrected chi connectivity index (χ2v) is 6.83. The van der Waals surface area contributed by atoms with Gasteiger partial charge in [-0.2, -0.15) is 0 Å². The van der Waals surface area contributed by atoms with E-state index in [0.717, 1.165) is 23.2 Å². The first-order chi connectivity index (χ1) is 10.3. The second-order valence-electron chi connectivity index (χ2n) is 4.75. The van der Waals surface area contributed by atoms with Crippen LogP contribution in [0.4, 0.5) is 11.4 Å². The molecule has 2 rings (SSSR count). The molecular formula is C15H16ClN3O2S. The van der Waals surface area contributed by atoms with Gasteiger partial charge in [0.1, 0.15) is 0 Å². The fourth-order valence-electron chi connectivity index (χ4n) is 1.80. The molecule has 22 heavy (non-hydrogen) atoms. The minimum absolute atomic E-state index is 0.124. The number of benzene rings is 2. The van der Waals surface area contributed by atoms with Crippen LogP contribution in [0.25, 0.3) is 0 Å². The molecule has 0 aliphatic carbocycles. The Morgan fingerprint density at radius 3 is 2.36 bits per heavy atom. The third kappa shape index (κ3) is 5.05. The van der Waals surface area contributed by atoms with Crippen molar-refractivity contribution in [1.29, 1.82) is 0 Å². The SMILES string of the molecule is Cc1cc(Cl)ccc1N/C(=N\S(C)(=O)=O)Nc1ccccc1. The van der Waals surface area contributed by atoms with Crippen molar-refractivity contribution in [3.05, 3.63) is 59.1 Å². The Bertz CT molecular complexity index is 790. The molecule has 0 saturated carbocycles. The highest BCUT2D eigenvalue weighted by Crippen LogP contribution is 2.20. The predicted molar refractivity (Wildman–Crippen MR) is 92.2 cm³/mol. The van der Waals surface area contributed by atoms with Gasteiger partial charge in [0.05, 0.1) is 6.26 Å². The minimum atomic E-state index is -3.55. The summed E-state index contributed by atoms with van der Waals surface area (Å²) in [6, 6.07) is 14.4. The average molecular weight is 338 g/mol. The molecule has 0 atom stereocenters. The number of anilines is 2. The van der Waals surface area contributed by atoms with Crippen LogP contribution < -0.4 is 10.6 Å². The maximum atomic E-state index is 11.5. The van der Waals surface area contributed by atoms with E-state index in [0.29, 0.717) is 5.02 Å². The fourth-order valence-corrected chi connectivity index (χ4v) is 2.45. The van der Waals surface area contributed by atoms with E-state index >= 15 is 0 Å². The summed E-state index contributed by atoms with van der Waals surface area (Å²) in [5.41, 5.74) is 2.32. The summed E-state index contributed by atoms with van der Waals surface area (Å²) in [5, 5.41) is 6.54. The number of hydrogen-bond acceptors (Lipinski definition) is 2. The molecule has 0 aromatic heterocycles. The van der Waals surface area contributed by atoms with Crippen LogP contribution in [0.5, 0.6) is 0 Å². The van der Waals surface area contributed by atoms with Gasteiger partial charge >= 0.3 is 0 Å². The van der Waals surface area contributed by atoms with Crippen molar-refractivity contribution in [1.82, 2.24) is 0 Å². The lowest BCUT2D eigenvalue weighted by Crippen LogP contribution is -2.24. The molecule has 0 radical (unpaired) electrons. The van der Waals surface area contributed by atoms with Gasteiger partial charge in [-0.1, -0.05) is 29.8 Å². The lowest BCUT2D eigenvalue weighted by atomic mass is 10.2. The van der Waals surface area contributed by atoms with Crippen molar-refractivity contribution in [3.8, 4) is 0 Å². The molecule has 5 nitrogen and oxygen atoms in total. The molecule has 0 heterocycles. The number of para-hydroxylation sites is 1. The van der Waals surface area contributed by atoms with Crippen LogP contribution in [-0.4, -0.2) is 20.6 Å². The lowest BCUT2D eigenvalue weighted by Gasteiger charge is -2.14. The van der Waals surface area contributed by atoms with Gasteiger partial charge in [0, 0.05) is 16.4 Å². The summed E-state index contributed by atoms with van der Waals surface area (Å²) in [6.45, 7) is 1.87. The van der Waals surface area contributed by atoms with Gasteiger partial charge in [-0.15, -0.1) is 4.40 Å². The van der Waals surface area contributed by atoms with Crippen LogP contribution >= 0.6 is 11.6 Å². The summed E-state index contributed by atoms with van der Waals surface area (Å²) in [7, 11) is -3.55. The number of hydrogen-bond donors (Lipinski definition) is 2. The molecule has 0 aliphatic heterocycles. The number of halogens is 1. The van der Waals surface area contributed by atoms with E-state index in [9.17, 15) is 8.42 Å². The molecule has 116 valence electrons. The van der Waals surface area contributed by atoms with Gasteiger partial charge in [0.2, 0.25) is 5.96 Å². The van der Waals surface area contributed by atoms with Crippen molar-refractivity contribution in [2.75, 3.05) is 16.9 Å². The zero-order valence-corrected chi connectivity index (χ0v) is 13.7. The van der Waals surface area contributed by atoms with Crippen molar-refractivity contribution in [2.24, 2.45) is 4.40 Å². The molecule has 0 unspecified atom stereocenters. The second kappa shape index (κ2) is 6.81. The minimum Gasteiger partial charge on any atom is -0.325 e. The Morgan fingerprint density at radius 1 is 1.09 bits per heavy atom.